The third kappa shape index (κ3) is 5.21. The molecule has 0 heterocycles. The summed E-state index contributed by atoms with van der Waals surface area (Å²) >= 11 is 0. The van der Waals surface area contributed by atoms with Crippen molar-refractivity contribution in [2.45, 2.75) is 40.0 Å². The Balaban J connectivity index is 3.84. The lowest BCUT2D eigenvalue weighted by molar-refractivity contribution is 0.393. The molecule has 0 aliphatic rings. The van der Waals surface area contributed by atoms with E-state index in [1.807, 2.05) is 7.05 Å². The standard InChI is InChI=1S/C13H25N/c1-6-11(3)12(4)8-9-13(7-2)10-14-5/h6,10-13H,1,7-9H2,2-5H3/b14-10+. The van der Waals surface area contributed by atoms with Gasteiger partial charge in [0.1, 0.15) is 0 Å². The lowest BCUT2D eigenvalue weighted by Gasteiger charge is -2.18. The molecule has 0 aliphatic carbocycles. The first kappa shape index (κ1) is 13.4. The van der Waals surface area contributed by atoms with Gasteiger partial charge in [-0.15, -0.1) is 6.58 Å². The van der Waals surface area contributed by atoms with Crippen LogP contribution in [0.4, 0.5) is 0 Å². The van der Waals surface area contributed by atoms with Crippen molar-refractivity contribution in [1.29, 1.82) is 0 Å². The molecule has 0 aliphatic heterocycles. The van der Waals surface area contributed by atoms with E-state index in [4.69, 9.17) is 0 Å². The predicted molar refractivity (Wildman–Crippen MR) is 66.0 cm³/mol. The summed E-state index contributed by atoms with van der Waals surface area (Å²) in [6.45, 7) is 10.6. The maximum Gasteiger partial charge on any atom is 0.0273 e. The van der Waals surface area contributed by atoms with E-state index in [2.05, 4.69) is 44.6 Å². The fraction of sp³-hybridized carbons (Fsp3) is 0.769. The minimum absolute atomic E-state index is 0.631. The van der Waals surface area contributed by atoms with Crippen LogP contribution in [0.5, 0.6) is 0 Å². The molecular formula is C13H25N. The molecule has 82 valence electrons. The van der Waals surface area contributed by atoms with Gasteiger partial charge in [-0.1, -0.05) is 26.8 Å². The molecule has 1 heteroatoms. The molecule has 0 aromatic carbocycles. The van der Waals surface area contributed by atoms with Crippen LogP contribution in [0.15, 0.2) is 17.6 Å². The van der Waals surface area contributed by atoms with E-state index in [0.29, 0.717) is 11.8 Å². The Morgan fingerprint density at radius 1 is 1.29 bits per heavy atom. The fourth-order valence-electron chi connectivity index (χ4n) is 1.57. The molecule has 0 amide bonds. The van der Waals surface area contributed by atoms with Gasteiger partial charge in [0, 0.05) is 13.3 Å². The molecule has 0 saturated carbocycles. The van der Waals surface area contributed by atoms with Gasteiger partial charge in [-0.05, 0) is 37.0 Å². The van der Waals surface area contributed by atoms with Crippen molar-refractivity contribution in [1.82, 2.24) is 0 Å². The van der Waals surface area contributed by atoms with Crippen molar-refractivity contribution in [3.05, 3.63) is 12.7 Å². The smallest absolute Gasteiger partial charge is 0.0273 e. The highest BCUT2D eigenvalue weighted by Gasteiger charge is 2.11. The summed E-state index contributed by atoms with van der Waals surface area (Å²) in [6.07, 6.45) is 7.88. The average molecular weight is 195 g/mol. The van der Waals surface area contributed by atoms with E-state index in [1.165, 1.54) is 19.3 Å². The van der Waals surface area contributed by atoms with Crippen LogP contribution in [0, 0.1) is 17.8 Å². The predicted octanol–water partition coefficient (Wildman–Crippen LogP) is 3.95. The Hall–Kier alpha value is -0.590. The number of rotatable bonds is 7. The van der Waals surface area contributed by atoms with Gasteiger partial charge in [0.15, 0.2) is 0 Å². The molecule has 14 heavy (non-hydrogen) atoms. The molecule has 0 rings (SSSR count). The molecular weight excluding hydrogens is 170 g/mol. The monoisotopic (exact) mass is 195 g/mol. The maximum atomic E-state index is 4.10. The van der Waals surface area contributed by atoms with Crippen LogP contribution < -0.4 is 0 Å². The van der Waals surface area contributed by atoms with Crippen molar-refractivity contribution >= 4 is 6.21 Å². The topological polar surface area (TPSA) is 12.4 Å². The zero-order valence-corrected chi connectivity index (χ0v) is 10.2. The Morgan fingerprint density at radius 2 is 1.93 bits per heavy atom. The Morgan fingerprint density at radius 3 is 2.36 bits per heavy atom. The molecule has 1 nitrogen and oxygen atoms in total. The number of allylic oxidation sites excluding steroid dienone is 1. The van der Waals surface area contributed by atoms with Crippen molar-refractivity contribution in [3.63, 3.8) is 0 Å². The molecule has 0 N–H and O–H groups in total. The summed E-state index contributed by atoms with van der Waals surface area (Å²) in [4.78, 5) is 4.10. The highest BCUT2D eigenvalue weighted by atomic mass is 14.6. The molecule has 3 unspecified atom stereocenters. The summed E-state index contributed by atoms with van der Waals surface area (Å²) in [7, 11) is 1.86. The zero-order chi connectivity index (χ0) is 11.0. The first-order valence-electron chi connectivity index (χ1n) is 5.70. The van der Waals surface area contributed by atoms with E-state index in [1.54, 1.807) is 0 Å². The van der Waals surface area contributed by atoms with Crippen LogP contribution in [-0.2, 0) is 0 Å². The molecule has 0 bridgehead atoms. The van der Waals surface area contributed by atoms with E-state index in [-0.39, 0.29) is 0 Å². The lowest BCUT2D eigenvalue weighted by atomic mass is 9.88. The van der Waals surface area contributed by atoms with Gasteiger partial charge in [-0.3, -0.25) is 0 Å². The third-order valence-corrected chi connectivity index (χ3v) is 3.15. The molecule has 0 radical (unpaired) electrons. The van der Waals surface area contributed by atoms with Crippen LogP contribution in [0.1, 0.15) is 40.0 Å². The van der Waals surface area contributed by atoms with Gasteiger partial charge in [0.25, 0.3) is 0 Å². The normalized spacial score (nSPS) is 18.0. The molecule has 0 saturated heterocycles. The largest absolute Gasteiger partial charge is 0.301 e. The van der Waals surface area contributed by atoms with Crippen LogP contribution in [0.3, 0.4) is 0 Å². The van der Waals surface area contributed by atoms with Gasteiger partial charge in [-0.25, -0.2) is 0 Å². The Bertz CT molecular complexity index is 172. The maximum absolute atomic E-state index is 4.10. The van der Waals surface area contributed by atoms with Gasteiger partial charge in [-0.2, -0.15) is 0 Å². The highest BCUT2D eigenvalue weighted by molar-refractivity contribution is 5.60. The van der Waals surface area contributed by atoms with Crippen molar-refractivity contribution in [3.8, 4) is 0 Å². The van der Waals surface area contributed by atoms with E-state index >= 15 is 0 Å². The number of aliphatic imine (C=N–C) groups is 1. The second kappa shape index (κ2) is 7.78. The molecule has 0 fully saturated rings. The second-order valence-corrected chi connectivity index (χ2v) is 4.23. The number of hydrogen-bond acceptors (Lipinski definition) is 1. The van der Waals surface area contributed by atoms with E-state index < -0.39 is 0 Å². The van der Waals surface area contributed by atoms with Crippen LogP contribution in [-0.4, -0.2) is 13.3 Å². The zero-order valence-electron chi connectivity index (χ0n) is 10.2. The quantitative estimate of drug-likeness (QED) is 0.431. The Labute approximate surface area is 89.3 Å². The van der Waals surface area contributed by atoms with Gasteiger partial charge < -0.3 is 4.99 Å². The molecule has 0 spiro atoms. The fourth-order valence-corrected chi connectivity index (χ4v) is 1.57. The Kier molecular flexibility index (Phi) is 7.45. The highest BCUT2D eigenvalue weighted by Crippen LogP contribution is 2.21. The average Bonchev–Trinajstić information content (AvgIpc) is 2.22. The molecule has 0 aromatic rings. The van der Waals surface area contributed by atoms with E-state index in [0.717, 1.165) is 5.92 Å². The third-order valence-electron chi connectivity index (χ3n) is 3.15. The summed E-state index contributed by atoms with van der Waals surface area (Å²) in [6, 6.07) is 0. The van der Waals surface area contributed by atoms with Crippen LogP contribution >= 0.6 is 0 Å². The van der Waals surface area contributed by atoms with Crippen LogP contribution in [0.25, 0.3) is 0 Å². The summed E-state index contributed by atoms with van der Waals surface area (Å²) in [5, 5.41) is 0. The molecule has 0 aromatic heterocycles. The lowest BCUT2D eigenvalue weighted by Crippen LogP contribution is -2.09. The van der Waals surface area contributed by atoms with Crippen molar-refractivity contribution in [2.75, 3.05) is 7.05 Å². The second-order valence-electron chi connectivity index (χ2n) is 4.23. The number of nitrogens with zero attached hydrogens (tertiary/aromatic N) is 1. The van der Waals surface area contributed by atoms with Crippen LogP contribution in [0.2, 0.25) is 0 Å². The van der Waals surface area contributed by atoms with Gasteiger partial charge in [0.05, 0.1) is 0 Å². The van der Waals surface area contributed by atoms with Crippen molar-refractivity contribution < 1.29 is 0 Å². The summed E-state index contributed by atoms with van der Waals surface area (Å²) in [5.41, 5.74) is 0. The summed E-state index contributed by atoms with van der Waals surface area (Å²) < 4.78 is 0. The molecule has 3 atom stereocenters. The minimum Gasteiger partial charge on any atom is -0.301 e. The first-order valence-corrected chi connectivity index (χ1v) is 5.70. The van der Waals surface area contributed by atoms with Crippen molar-refractivity contribution in [2.24, 2.45) is 22.7 Å². The first-order chi connectivity index (χ1) is 6.65. The summed E-state index contributed by atoms with van der Waals surface area (Å²) in [5.74, 6) is 2.04. The minimum atomic E-state index is 0.631. The van der Waals surface area contributed by atoms with E-state index in [9.17, 15) is 0 Å². The van der Waals surface area contributed by atoms with Gasteiger partial charge in [0.2, 0.25) is 0 Å². The van der Waals surface area contributed by atoms with Gasteiger partial charge >= 0.3 is 0 Å². The number of hydrogen-bond donors (Lipinski definition) is 0. The SMILES string of the molecule is C=CC(C)C(C)CCC(/C=N/C)CC.